The first-order valence-electron chi connectivity index (χ1n) is 13.7. The summed E-state index contributed by atoms with van der Waals surface area (Å²) in [4.78, 5) is 21.0. The molecule has 0 aliphatic heterocycles. The lowest BCUT2D eigenvalue weighted by atomic mass is 9.90. The lowest BCUT2D eigenvalue weighted by Crippen LogP contribution is -2.24. The number of benzene rings is 2. The van der Waals surface area contributed by atoms with E-state index >= 15 is 0 Å². The van der Waals surface area contributed by atoms with Crippen LogP contribution in [0.4, 0.5) is 11.4 Å². The maximum atomic E-state index is 13.6. The first-order valence-corrected chi connectivity index (χ1v) is 13.7. The van der Waals surface area contributed by atoms with Crippen LogP contribution < -0.4 is 26.1 Å². The first-order chi connectivity index (χ1) is 18.5. The van der Waals surface area contributed by atoms with Crippen molar-refractivity contribution in [3.05, 3.63) is 74.4 Å². The van der Waals surface area contributed by atoms with Gasteiger partial charge in [0.05, 0.1) is 18.5 Å². The predicted octanol–water partition coefficient (Wildman–Crippen LogP) is 5.44. The number of aromatic nitrogens is 3. The van der Waals surface area contributed by atoms with Crippen LogP contribution >= 0.6 is 0 Å². The molecule has 4 rings (SSSR count). The van der Waals surface area contributed by atoms with Crippen molar-refractivity contribution >= 4 is 23.1 Å². The van der Waals surface area contributed by atoms with Crippen LogP contribution in [0, 0.1) is 13.8 Å². The van der Waals surface area contributed by atoms with Gasteiger partial charge in [0.25, 0.3) is 5.56 Å². The van der Waals surface area contributed by atoms with E-state index in [0.29, 0.717) is 33.9 Å². The van der Waals surface area contributed by atoms with Gasteiger partial charge in [-0.3, -0.25) is 4.79 Å². The largest absolute Gasteiger partial charge is 0.497 e. The summed E-state index contributed by atoms with van der Waals surface area (Å²) < 4.78 is 6.86. The van der Waals surface area contributed by atoms with Crippen LogP contribution in [0.3, 0.4) is 0 Å². The van der Waals surface area contributed by atoms with Crippen molar-refractivity contribution in [3.8, 4) is 17.0 Å². The number of rotatable bonds is 8. The van der Waals surface area contributed by atoms with Crippen molar-refractivity contribution in [2.24, 2.45) is 0 Å². The van der Waals surface area contributed by atoms with Gasteiger partial charge < -0.3 is 15.4 Å². The molecule has 0 aliphatic carbocycles. The second-order valence-corrected chi connectivity index (χ2v) is 11.2. The minimum atomic E-state index is -0.304. The average Bonchev–Trinajstić information content (AvgIpc) is 3.27. The number of hydrogen-bond acceptors (Lipinski definition) is 6. The summed E-state index contributed by atoms with van der Waals surface area (Å²) >= 11 is 0. The maximum absolute atomic E-state index is 13.6. The third-order valence-electron chi connectivity index (χ3n) is 7.29. The summed E-state index contributed by atoms with van der Waals surface area (Å²) in [5, 5.41) is 5.64. The standard InChI is InChI=1S/C32H41N5O2/c1-9-11-16-36(10-2)23-13-12-22(20(3)17-23)18-26-29(32(5,6)7)35-37-30(26)34-28(21(4)31(37)38)25-19-24(39-8)14-15-27(25)33/h12-15,17-19H,9-11,16,33H2,1-8H3. The number of methoxy groups -OCH3 is 1. The quantitative estimate of drug-likeness (QED) is 0.307. The van der Waals surface area contributed by atoms with Crippen LogP contribution in [0.2, 0.25) is 0 Å². The highest BCUT2D eigenvalue weighted by Crippen LogP contribution is 2.30. The predicted molar refractivity (Wildman–Crippen MR) is 162 cm³/mol. The molecule has 0 radical (unpaired) electrons. The Hall–Kier alpha value is -3.87. The second-order valence-electron chi connectivity index (χ2n) is 11.2. The Bertz CT molecular complexity index is 1610. The second kappa shape index (κ2) is 11.1. The van der Waals surface area contributed by atoms with Gasteiger partial charge in [0.2, 0.25) is 0 Å². The molecule has 0 aliphatic rings. The fraction of sp³-hybridized carbons (Fsp3) is 0.406. The zero-order valence-electron chi connectivity index (χ0n) is 24.6. The number of nitrogen functional groups attached to an aromatic ring is 1. The van der Waals surface area contributed by atoms with Crippen LogP contribution in [0.5, 0.6) is 5.75 Å². The number of anilines is 2. The first kappa shape index (κ1) is 28.1. The van der Waals surface area contributed by atoms with Crippen molar-refractivity contribution in [3.63, 3.8) is 0 Å². The molecule has 2 N–H and O–H groups in total. The lowest BCUT2D eigenvalue weighted by molar-refractivity contribution is 0.415. The molecule has 0 atom stereocenters. The zero-order valence-corrected chi connectivity index (χ0v) is 24.6. The van der Waals surface area contributed by atoms with E-state index in [2.05, 4.69) is 70.7 Å². The number of fused-ring (bicyclic) bond motifs is 1. The van der Waals surface area contributed by atoms with Gasteiger partial charge in [0.1, 0.15) is 5.75 Å². The van der Waals surface area contributed by atoms with Crippen molar-refractivity contribution in [2.45, 2.75) is 66.7 Å². The smallest absolute Gasteiger partial charge is 0.278 e. The molecule has 0 saturated carbocycles. The summed E-state index contributed by atoms with van der Waals surface area (Å²) in [6.45, 7) is 16.6. The van der Waals surface area contributed by atoms with Crippen LogP contribution in [0.25, 0.3) is 23.0 Å². The Kier molecular flexibility index (Phi) is 8.00. The Labute approximate surface area is 231 Å². The van der Waals surface area contributed by atoms with Gasteiger partial charge >= 0.3 is 0 Å². The highest BCUT2D eigenvalue weighted by Gasteiger charge is 2.24. The molecule has 0 amide bonds. The Morgan fingerprint density at radius 2 is 1.85 bits per heavy atom. The molecule has 0 bridgehead atoms. The highest BCUT2D eigenvalue weighted by molar-refractivity contribution is 5.78. The summed E-state index contributed by atoms with van der Waals surface area (Å²) in [6.07, 6.45) is 4.45. The van der Waals surface area contributed by atoms with Crippen LogP contribution in [0.15, 0.2) is 41.2 Å². The van der Waals surface area contributed by atoms with Crippen molar-refractivity contribution in [2.75, 3.05) is 30.8 Å². The molecule has 2 aromatic carbocycles. The number of nitrogens with two attached hydrogens (primary N) is 1. The van der Waals surface area contributed by atoms with Crippen LogP contribution in [0.1, 0.15) is 69.8 Å². The highest BCUT2D eigenvalue weighted by atomic mass is 16.5. The third-order valence-corrected chi connectivity index (χ3v) is 7.29. The molecule has 39 heavy (non-hydrogen) atoms. The average molecular weight is 528 g/mol. The molecule has 0 unspecified atom stereocenters. The van der Waals surface area contributed by atoms with Gasteiger partial charge in [-0.25, -0.2) is 4.98 Å². The maximum Gasteiger partial charge on any atom is 0.278 e. The number of ether oxygens (including phenoxy) is 1. The van der Waals surface area contributed by atoms with Crippen LogP contribution in [-0.2, 0) is 5.41 Å². The normalized spacial score (nSPS) is 12.4. The molecule has 0 saturated heterocycles. The number of hydrogen-bond donors (Lipinski definition) is 1. The minimum Gasteiger partial charge on any atom is -0.497 e. The van der Waals surface area contributed by atoms with Gasteiger partial charge in [-0.1, -0.05) is 40.2 Å². The molecule has 0 spiro atoms. The molecular weight excluding hydrogens is 486 g/mol. The third kappa shape index (κ3) is 5.49. The van der Waals surface area contributed by atoms with E-state index in [-0.39, 0.29) is 11.0 Å². The monoisotopic (exact) mass is 527 g/mol. The Balaban J connectivity index is 1.98. The van der Waals surface area contributed by atoms with E-state index in [4.69, 9.17) is 20.6 Å². The van der Waals surface area contributed by atoms with E-state index in [9.17, 15) is 4.79 Å². The number of unbranched alkanes of at least 4 members (excludes halogenated alkanes) is 1. The molecule has 7 heteroatoms. The van der Waals surface area contributed by atoms with E-state index < -0.39 is 0 Å². The van der Waals surface area contributed by atoms with E-state index in [1.807, 2.05) is 6.07 Å². The van der Waals surface area contributed by atoms with Crippen LogP contribution in [-0.4, -0.2) is 34.8 Å². The molecule has 0 fully saturated rings. The van der Waals surface area contributed by atoms with Gasteiger partial charge in [0.15, 0.2) is 5.65 Å². The van der Waals surface area contributed by atoms with Gasteiger partial charge in [-0.15, -0.1) is 0 Å². The van der Waals surface area contributed by atoms with Gasteiger partial charge in [-0.05, 0) is 74.7 Å². The van der Waals surface area contributed by atoms with E-state index in [1.54, 1.807) is 26.2 Å². The summed E-state index contributed by atoms with van der Waals surface area (Å²) in [7, 11) is 1.61. The SMILES string of the molecule is CCCCN(CC)c1ccc(C=c2c(C(C)(C)C)nn3c(=O)c(C)c(-c4cc(OC)ccc4N)nc23)c(C)c1. The Morgan fingerprint density at radius 3 is 2.46 bits per heavy atom. The minimum absolute atomic E-state index is 0.205. The Morgan fingerprint density at radius 1 is 1.10 bits per heavy atom. The molecular formula is C32H41N5O2. The molecule has 7 nitrogen and oxygen atoms in total. The van der Waals surface area contributed by atoms with Crippen molar-refractivity contribution < 1.29 is 4.74 Å². The van der Waals surface area contributed by atoms with E-state index in [1.165, 1.54) is 23.0 Å². The topological polar surface area (TPSA) is 85.8 Å². The zero-order chi connectivity index (χ0) is 28.5. The molecule has 206 valence electrons. The summed E-state index contributed by atoms with van der Waals surface area (Å²) in [5.74, 6) is 0.652. The number of nitrogens with zero attached hydrogens (tertiary/aromatic N) is 4. The summed E-state index contributed by atoms with van der Waals surface area (Å²) in [6, 6.07) is 12.0. The fourth-order valence-electron chi connectivity index (χ4n) is 4.93. The van der Waals surface area contributed by atoms with Gasteiger partial charge in [-0.2, -0.15) is 9.61 Å². The van der Waals surface area contributed by atoms with Crippen molar-refractivity contribution in [1.82, 2.24) is 14.6 Å². The molecule has 2 aromatic heterocycles. The van der Waals surface area contributed by atoms with Gasteiger partial charge in [0, 0.05) is 46.2 Å². The molecule has 2 heterocycles. The molecule has 4 aromatic rings. The summed E-state index contributed by atoms with van der Waals surface area (Å²) in [5.41, 5.74) is 12.9. The van der Waals surface area contributed by atoms with Crippen molar-refractivity contribution in [1.29, 1.82) is 0 Å². The van der Waals surface area contributed by atoms with E-state index in [0.717, 1.165) is 35.1 Å². The fourth-order valence-corrected chi connectivity index (χ4v) is 4.93. The lowest BCUT2D eigenvalue weighted by Gasteiger charge is -2.23. The number of aryl methyl sites for hydroxylation is 1.